The number of nitrogens with one attached hydrogen (secondary N) is 3. The highest BCUT2D eigenvalue weighted by atomic mass is 127. The Balaban J connectivity index is 0.00000300. The van der Waals surface area contributed by atoms with Gasteiger partial charge in [-0.2, -0.15) is 0 Å². The maximum Gasteiger partial charge on any atom is 0.221 e. The minimum Gasteiger partial charge on any atom is -0.356 e. The Kier molecular flexibility index (Phi) is 10.2. The number of carbonyl (C=O) groups excluding carboxylic acids is 1. The minimum atomic E-state index is 0. The Bertz CT molecular complexity index is 648. The van der Waals surface area contributed by atoms with Crippen molar-refractivity contribution >= 4 is 35.8 Å². The predicted octanol–water partition coefficient (Wildman–Crippen LogP) is 2.88. The van der Waals surface area contributed by atoms with Crippen LogP contribution in [0.25, 0.3) is 0 Å². The van der Waals surface area contributed by atoms with E-state index in [1.54, 1.807) is 7.05 Å². The van der Waals surface area contributed by atoms with Gasteiger partial charge in [0.25, 0.3) is 0 Å². The smallest absolute Gasteiger partial charge is 0.221 e. The van der Waals surface area contributed by atoms with Gasteiger partial charge in [0.05, 0.1) is 0 Å². The van der Waals surface area contributed by atoms with Crippen LogP contribution in [0, 0.1) is 0 Å². The summed E-state index contributed by atoms with van der Waals surface area (Å²) >= 11 is 0. The molecule has 1 saturated heterocycles. The second-order valence-corrected chi connectivity index (χ2v) is 8.14. The normalized spacial score (nSPS) is 22.9. The van der Waals surface area contributed by atoms with Gasteiger partial charge in [-0.1, -0.05) is 43.2 Å². The molecule has 0 spiro atoms. The zero-order valence-corrected chi connectivity index (χ0v) is 20.0. The Hall–Kier alpha value is -1.35. The fourth-order valence-corrected chi connectivity index (χ4v) is 4.29. The minimum absolute atomic E-state index is 0. The highest BCUT2D eigenvalue weighted by Crippen LogP contribution is 2.20. The van der Waals surface area contributed by atoms with Crippen molar-refractivity contribution in [1.29, 1.82) is 0 Å². The SMILES string of the molecule is CN=C(NCCC(=O)NC1CCCC1)NC1CC(C)N(Cc2ccccc2)C1.I. The number of benzene rings is 1. The molecule has 1 aromatic rings. The van der Waals surface area contributed by atoms with Gasteiger partial charge in [-0.05, 0) is 31.7 Å². The zero-order valence-electron chi connectivity index (χ0n) is 17.7. The first-order chi connectivity index (χ1) is 13.6. The summed E-state index contributed by atoms with van der Waals surface area (Å²) in [6.07, 6.45) is 6.30. The van der Waals surface area contributed by atoms with E-state index in [1.165, 1.54) is 18.4 Å². The van der Waals surface area contributed by atoms with Gasteiger partial charge >= 0.3 is 0 Å². The van der Waals surface area contributed by atoms with Gasteiger partial charge in [-0.15, -0.1) is 24.0 Å². The summed E-state index contributed by atoms with van der Waals surface area (Å²) in [7, 11) is 1.79. The lowest BCUT2D eigenvalue weighted by molar-refractivity contribution is -0.121. The molecule has 6 nitrogen and oxygen atoms in total. The van der Waals surface area contributed by atoms with Crippen LogP contribution in [0.1, 0.15) is 51.0 Å². The number of carbonyl (C=O) groups is 1. The van der Waals surface area contributed by atoms with Gasteiger partial charge in [0.2, 0.25) is 5.91 Å². The quantitative estimate of drug-likeness (QED) is 0.298. The van der Waals surface area contributed by atoms with Crippen LogP contribution in [-0.2, 0) is 11.3 Å². The molecule has 0 radical (unpaired) electrons. The average molecular weight is 513 g/mol. The molecule has 29 heavy (non-hydrogen) atoms. The van der Waals surface area contributed by atoms with Crippen molar-refractivity contribution < 1.29 is 4.79 Å². The van der Waals surface area contributed by atoms with Crippen LogP contribution in [0.5, 0.6) is 0 Å². The molecule has 2 aliphatic rings. The number of rotatable bonds is 7. The van der Waals surface area contributed by atoms with E-state index in [2.05, 4.69) is 63.1 Å². The summed E-state index contributed by atoms with van der Waals surface area (Å²) in [6, 6.07) is 11.9. The molecule has 1 amide bonds. The number of hydrogen-bond donors (Lipinski definition) is 3. The van der Waals surface area contributed by atoms with Crippen LogP contribution in [0.3, 0.4) is 0 Å². The van der Waals surface area contributed by atoms with Crippen molar-refractivity contribution in [3.05, 3.63) is 35.9 Å². The molecule has 2 unspecified atom stereocenters. The van der Waals surface area contributed by atoms with Gasteiger partial charge in [-0.25, -0.2) is 0 Å². The van der Waals surface area contributed by atoms with E-state index in [9.17, 15) is 4.79 Å². The van der Waals surface area contributed by atoms with E-state index in [4.69, 9.17) is 0 Å². The predicted molar refractivity (Wildman–Crippen MR) is 130 cm³/mol. The molecule has 1 saturated carbocycles. The molecule has 2 fully saturated rings. The summed E-state index contributed by atoms with van der Waals surface area (Å²) in [6.45, 7) is 4.87. The monoisotopic (exact) mass is 513 g/mol. The Labute approximate surface area is 192 Å². The molecule has 162 valence electrons. The molecule has 0 bridgehead atoms. The summed E-state index contributed by atoms with van der Waals surface area (Å²) in [5.41, 5.74) is 1.35. The Morgan fingerprint density at radius 1 is 1.14 bits per heavy atom. The standard InChI is InChI=1S/C22H35N5O.HI/c1-17-14-20(16-27(17)15-18-8-4-3-5-9-18)26-22(23-2)24-13-12-21(28)25-19-10-6-7-11-19;/h3-5,8-9,17,19-20H,6-7,10-16H2,1-2H3,(H,25,28)(H2,23,24,26);1H. The molecule has 7 heteroatoms. The molecular formula is C22H36IN5O. The van der Waals surface area contributed by atoms with Crippen molar-refractivity contribution in [2.45, 2.75) is 70.1 Å². The number of nitrogens with zero attached hydrogens (tertiary/aromatic N) is 2. The van der Waals surface area contributed by atoms with E-state index in [0.29, 0.717) is 31.1 Å². The number of amides is 1. The zero-order chi connectivity index (χ0) is 19.8. The second kappa shape index (κ2) is 12.4. The van der Waals surface area contributed by atoms with Crippen molar-refractivity contribution in [3.63, 3.8) is 0 Å². The van der Waals surface area contributed by atoms with Crippen molar-refractivity contribution in [2.75, 3.05) is 20.1 Å². The van der Waals surface area contributed by atoms with Crippen molar-refractivity contribution in [1.82, 2.24) is 20.9 Å². The Morgan fingerprint density at radius 3 is 2.55 bits per heavy atom. The van der Waals surface area contributed by atoms with Gasteiger partial charge < -0.3 is 16.0 Å². The van der Waals surface area contributed by atoms with Gasteiger partial charge in [0.1, 0.15) is 0 Å². The van der Waals surface area contributed by atoms with Crippen LogP contribution in [0.4, 0.5) is 0 Å². The third-order valence-corrected chi connectivity index (χ3v) is 5.86. The highest BCUT2D eigenvalue weighted by Gasteiger charge is 2.29. The molecule has 1 aliphatic carbocycles. The molecule has 1 aromatic carbocycles. The summed E-state index contributed by atoms with van der Waals surface area (Å²) in [5, 5.41) is 9.95. The fourth-order valence-electron chi connectivity index (χ4n) is 4.29. The second-order valence-electron chi connectivity index (χ2n) is 8.14. The molecule has 1 heterocycles. The van der Waals surface area contributed by atoms with Crippen LogP contribution < -0.4 is 16.0 Å². The van der Waals surface area contributed by atoms with Gasteiger partial charge in [0, 0.05) is 51.2 Å². The molecule has 2 atom stereocenters. The lowest BCUT2D eigenvalue weighted by Crippen LogP contribution is -2.45. The van der Waals surface area contributed by atoms with E-state index in [1.807, 2.05) is 0 Å². The van der Waals surface area contributed by atoms with Gasteiger partial charge in [-0.3, -0.25) is 14.7 Å². The number of guanidine groups is 1. The largest absolute Gasteiger partial charge is 0.356 e. The van der Waals surface area contributed by atoms with E-state index >= 15 is 0 Å². The number of likely N-dealkylation sites (tertiary alicyclic amines) is 1. The van der Waals surface area contributed by atoms with Crippen LogP contribution in [0.2, 0.25) is 0 Å². The fraction of sp³-hybridized carbons (Fsp3) is 0.636. The van der Waals surface area contributed by atoms with E-state index < -0.39 is 0 Å². The third-order valence-electron chi connectivity index (χ3n) is 5.86. The number of aliphatic imine (C=N–C) groups is 1. The van der Waals surface area contributed by atoms with Crippen molar-refractivity contribution in [2.24, 2.45) is 4.99 Å². The van der Waals surface area contributed by atoms with Crippen molar-refractivity contribution in [3.8, 4) is 0 Å². The topological polar surface area (TPSA) is 68.8 Å². The maximum atomic E-state index is 12.1. The molecule has 3 N–H and O–H groups in total. The van der Waals surface area contributed by atoms with Crippen LogP contribution >= 0.6 is 24.0 Å². The first-order valence-corrected chi connectivity index (χ1v) is 10.7. The summed E-state index contributed by atoms with van der Waals surface area (Å²) in [5.74, 6) is 0.922. The number of halogens is 1. The van der Waals surface area contributed by atoms with Crippen LogP contribution in [-0.4, -0.2) is 55.0 Å². The van der Waals surface area contributed by atoms with Gasteiger partial charge in [0.15, 0.2) is 5.96 Å². The summed E-state index contributed by atoms with van der Waals surface area (Å²) in [4.78, 5) is 18.9. The van der Waals surface area contributed by atoms with E-state index in [-0.39, 0.29) is 29.9 Å². The summed E-state index contributed by atoms with van der Waals surface area (Å²) < 4.78 is 0. The first kappa shape index (κ1) is 23.9. The number of hydrogen-bond acceptors (Lipinski definition) is 3. The maximum absolute atomic E-state index is 12.1. The molecule has 3 rings (SSSR count). The Morgan fingerprint density at radius 2 is 1.86 bits per heavy atom. The highest BCUT2D eigenvalue weighted by molar-refractivity contribution is 14.0. The van der Waals surface area contributed by atoms with Crippen LogP contribution in [0.15, 0.2) is 35.3 Å². The lowest BCUT2D eigenvalue weighted by Gasteiger charge is -2.21. The van der Waals surface area contributed by atoms with E-state index in [0.717, 1.165) is 38.3 Å². The average Bonchev–Trinajstić information content (AvgIpc) is 3.31. The first-order valence-electron chi connectivity index (χ1n) is 10.7. The molecular weight excluding hydrogens is 477 g/mol. The lowest BCUT2D eigenvalue weighted by atomic mass is 10.2. The molecule has 1 aliphatic heterocycles. The third kappa shape index (κ3) is 7.77. The molecule has 0 aromatic heterocycles.